The molecular weight excluding hydrogens is 186 g/mol. The molecule has 0 unspecified atom stereocenters. The van der Waals surface area contributed by atoms with Crippen molar-refractivity contribution in [2.75, 3.05) is 0 Å². The maximum atomic E-state index is 10.8. The van der Waals surface area contributed by atoms with Gasteiger partial charge in [0.25, 0.3) is 5.91 Å². The van der Waals surface area contributed by atoms with Crippen molar-refractivity contribution in [3.05, 3.63) is 31.8 Å². The Kier molecular flexibility index (Phi) is 2.48. The molecule has 0 spiro atoms. The van der Waals surface area contributed by atoms with Crippen molar-refractivity contribution in [1.29, 1.82) is 0 Å². The molecule has 0 bridgehead atoms. The normalized spacial score (nSPS) is 8.82. The smallest absolute Gasteiger partial charge is 0.251 e. The number of nitrogens with zero attached hydrogens (tertiary/aromatic N) is 3. The van der Waals surface area contributed by atoms with Gasteiger partial charge in [-0.15, -0.1) is 0 Å². The fourth-order valence-corrected chi connectivity index (χ4v) is 1.56. The van der Waals surface area contributed by atoms with Crippen LogP contribution >= 0.6 is 22.9 Å². The van der Waals surface area contributed by atoms with Crippen molar-refractivity contribution in [2.24, 2.45) is 5.11 Å². The molecule has 0 aliphatic carbocycles. The Hall–Kier alpha value is -1.03. The minimum atomic E-state index is -0.640. The highest BCUT2D eigenvalue weighted by molar-refractivity contribution is 7.08. The zero-order valence-electron chi connectivity index (χ0n) is 5.19. The van der Waals surface area contributed by atoms with E-state index in [1.807, 2.05) is 0 Å². The van der Waals surface area contributed by atoms with E-state index in [4.69, 9.17) is 17.1 Å². The summed E-state index contributed by atoms with van der Waals surface area (Å²) in [5.41, 5.74) is 8.18. The second-order valence-electron chi connectivity index (χ2n) is 1.63. The van der Waals surface area contributed by atoms with Gasteiger partial charge in [-0.05, 0) is 10.6 Å². The van der Waals surface area contributed by atoms with Crippen molar-refractivity contribution in [3.8, 4) is 0 Å². The highest BCUT2D eigenvalue weighted by Gasteiger charge is 2.07. The molecule has 0 atom stereocenters. The zero-order chi connectivity index (χ0) is 8.27. The Morgan fingerprint density at radius 3 is 2.91 bits per heavy atom. The van der Waals surface area contributed by atoms with E-state index >= 15 is 0 Å². The van der Waals surface area contributed by atoms with Crippen molar-refractivity contribution >= 4 is 28.8 Å². The van der Waals surface area contributed by atoms with Crippen LogP contribution in [0.4, 0.5) is 0 Å². The van der Waals surface area contributed by atoms with Gasteiger partial charge in [-0.2, -0.15) is 11.3 Å². The number of hydrogen-bond acceptors (Lipinski definition) is 2. The number of carbonyl (C=O) groups excluding carboxylic acids is 1. The van der Waals surface area contributed by atoms with Gasteiger partial charge in [0, 0.05) is 15.7 Å². The number of thiophene rings is 1. The predicted molar refractivity (Wildman–Crippen MR) is 42.8 cm³/mol. The lowest BCUT2D eigenvalue weighted by Crippen LogP contribution is -1.89. The average Bonchev–Trinajstić information content (AvgIpc) is 2.36. The van der Waals surface area contributed by atoms with Crippen LogP contribution in [-0.4, -0.2) is 5.91 Å². The van der Waals surface area contributed by atoms with Crippen LogP contribution in [0.5, 0.6) is 0 Å². The Bertz CT molecular complexity index is 328. The van der Waals surface area contributed by atoms with E-state index in [1.165, 1.54) is 11.3 Å². The summed E-state index contributed by atoms with van der Waals surface area (Å²) >= 11 is 6.86. The second kappa shape index (κ2) is 3.39. The van der Waals surface area contributed by atoms with Gasteiger partial charge in [0.05, 0.1) is 10.6 Å². The highest BCUT2D eigenvalue weighted by atomic mass is 35.5. The monoisotopic (exact) mass is 187 g/mol. The van der Waals surface area contributed by atoms with E-state index in [9.17, 15) is 4.79 Å². The van der Waals surface area contributed by atoms with Gasteiger partial charge in [-0.3, -0.25) is 4.79 Å². The number of rotatable bonds is 1. The molecule has 1 heterocycles. The van der Waals surface area contributed by atoms with Gasteiger partial charge in [0.2, 0.25) is 0 Å². The molecule has 0 aliphatic rings. The molecule has 4 nitrogen and oxygen atoms in total. The molecule has 1 aromatic heterocycles. The molecule has 0 N–H and O–H groups in total. The van der Waals surface area contributed by atoms with Crippen LogP contribution in [0.25, 0.3) is 10.4 Å². The molecular formula is C5H2ClN3OS. The first-order chi connectivity index (χ1) is 5.25. The Balaban J connectivity index is 3.02. The predicted octanol–water partition coefficient (Wildman–Crippen LogP) is 2.85. The van der Waals surface area contributed by atoms with E-state index in [0.29, 0.717) is 5.02 Å². The maximum absolute atomic E-state index is 10.8. The molecule has 56 valence electrons. The SMILES string of the molecule is [N-]=[N+]=NC(=O)c1cscc1Cl. The van der Waals surface area contributed by atoms with Crippen molar-refractivity contribution < 1.29 is 4.79 Å². The van der Waals surface area contributed by atoms with Crippen LogP contribution in [0.1, 0.15) is 10.4 Å². The van der Waals surface area contributed by atoms with Crippen LogP contribution in [0.3, 0.4) is 0 Å². The highest BCUT2D eigenvalue weighted by Crippen LogP contribution is 2.21. The molecule has 1 rings (SSSR count). The molecule has 0 saturated heterocycles. The molecule has 0 saturated carbocycles. The van der Waals surface area contributed by atoms with Gasteiger partial charge >= 0.3 is 0 Å². The number of halogens is 1. The summed E-state index contributed by atoms with van der Waals surface area (Å²) < 4.78 is 0. The molecule has 0 aliphatic heterocycles. The second-order valence-corrected chi connectivity index (χ2v) is 2.78. The first kappa shape index (κ1) is 8.07. The van der Waals surface area contributed by atoms with Crippen molar-refractivity contribution in [2.45, 2.75) is 0 Å². The van der Waals surface area contributed by atoms with Crippen molar-refractivity contribution in [3.63, 3.8) is 0 Å². The van der Waals surface area contributed by atoms with Gasteiger partial charge in [-0.25, -0.2) is 0 Å². The van der Waals surface area contributed by atoms with E-state index in [-0.39, 0.29) is 5.56 Å². The van der Waals surface area contributed by atoms with Crippen LogP contribution in [-0.2, 0) is 0 Å². The van der Waals surface area contributed by atoms with Gasteiger partial charge in [0.15, 0.2) is 0 Å². The van der Waals surface area contributed by atoms with Crippen LogP contribution in [0.2, 0.25) is 5.02 Å². The lowest BCUT2D eigenvalue weighted by molar-refractivity contribution is 0.100. The Morgan fingerprint density at radius 2 is 2.45 bits per heavy atom. The molecule has 0 aromatic carbocycles. The molecule has 6 heteroatoms. The van der Waals surface area contributed by atoms with E-state index in [2.05, 4.69) is 10.0 Å². The lowest BCUT2D eigenvalue weighted by Gasteiger charge is -1.86. The lowest BCUT2D eigenvalue weighted by atomic mass is 10.3. The fourth-order valence-electron chi connectivity index (χ4n) is 0.529. The molecule has 1 aromatic rings. The summed E-state index contributed by atoms with van der Waals surface area (Å²) in [6.07, 6.45) is 0. The third-order valence-corrected chi connectivity index (χ3v) is 2.17. The van der Waals surface area contributed by atoms with Crippen LogP contribution < -0.4 is 0 Å². The number of carbonyl (C=O) groups is 1. The zero-order valence-corrected chi connectivity index (χ0v) is 6.76. The fraction of sp³-hybridized carbons (Fsp3) is 0. The van der Waals surface area contributed by atoms with Crippen LogP contribution in [0.15, 0.2) is 15.9 Å². The molecule has 0 fully saturated rings. The number of hydrogen-bond donors (Lipinski definition) is 0. The minimum absolute atomic E-state index is 0.259. The maximum Gasteiger partial charge on any atom is 0.251 e. The quantitative estimate of drug-likeness (QED) is 0.379. The third-order valence-electron chi connectivity index (χ3n) is 0.981. The van der Waals surface area contributed by atoms with Gasteiger partial charge in [0.1, 0.15) is 0 Å². The number of amides is 1. The largest absolute Gasteiger partial charge is 0.287 e. The first-order valence-electron chi connectivity index (χ1n) is 2.57. The average molecular weight is 188 g/mol. The van der Waals surface area contributed by atoms with E-state index in [1.54, 1.807) is 10.8 Å². The summed E-state index contributed by atoms with van der Waals surface area (Å²) in [7, 11) is 0. The van der Waals surface area contributed by atoms with Gasteiger partial charge in [-0.1, -0.05) is 11.6 Å². The summed E-state index contributed by atoms with van der Waals surface area (Å²) in [5.74, 6) is -0.640. The molecule has 1 amide bonds. The van der Waals surface area contributed by atoms with Gasteiger partial charge < -0.3 is 0 Å². The minimum Gasteiger partial charge on any atom is -0.287 e. The number of azide groups is 1. The summed E-state index contributed by atoms with van der Waals surface area (Å²) in [5, 5.41) is 6.36. The first-order valence-corrected chi connectivity index (χ1v) is 3.89. The van der Waals surface area contributed by atoms with Crippen molar-refractivity contribution in [1.82, 2.24) is 0 Å². The third kappa shape index (κ3) is 1.71. The Labute approximate surface area is 71.0 Å². The molecule has 0 radical (unpaired) electrons. The standard InChI is InChI=1S/C5H2ClN3OS/c6-4-2-11-1-3(4)5(10)8-9-7/h1-2H. The van der Waals surface area contributed by atoms with Crippen LogP contribution in [0, 0.1) is 0 Å². The summed E-state index contributed by atoms with van der Waals surface area (Å²) in [6, 6.07) is 0. The Morgan fingerprint density at radius 1 is 1.73 bits per heavy atom. The summed E-state index contributed by atoms with van der Waals surface area (Å²) in [4.78, 5) is 13.2. The molecule has 11 heavy (non-hydrogen) atoms. The topological polar surface area (TPSA) is 65.8 Å². The summed E-state index contributed by atoms with van der Waals surface area (Å²) in [6.45, 7) is 0. The van der Waals surface area contributed by atoms with E-state index in [0.717, 1.165) is 0 Å². The van der Waals surface area contributed by atoms with E-state index < -0.39 is 5.91 Å².